The van der Waals surface area contributed by atoms with Crippen LogP contribution in [0.1, 0.15) is 35.2 Å². The zero-order valence-electron chi connectivity index (χ0n) is 14.4. The van der Waals surface area contributed by atoms with E-state index in [2.05, 4.69) is 10.3 Å². The molecule has 0 radical (unpaired) electrons. The third-order valence-corrected chi connectivity index (χ3v) is 3.76. The van der Waals surface area contributed by atoms with E-state index in [9.17, 15) is 9.59 Å². The molecule has 128 valence electrons. The van der Waals surface area contributed by atoms with E-state index in [4.69, 9.17) is 4.74 Å². The molecule has 5 heteroatoms. The molecule has 2 rings (SSSR count). The molecule has 0 saturated heterocycles. The third kappa shape index (κ3) is 5.26. The van der Waals surface area contributed by atoms with Crippen LogP contribution in [0.15, 0.2) is 35.1 Å². The van der Waals surface area contributed by atoms with Gasteiger partial charge in [-0.25, -0.2) is 0 Å². The second-order valence-electron chi connectivity index (χ2n) is 5.99. The lowest BCUT2D eigenvalue weighted by atomic mass is 10.1. The molecular formula is C19H24N2O3. The van der Waals surface area contributed by atoms with Gasteiger partial charge in [0.2, 0.25) is 5.91 Å². The Morgan fingerprint density at radius 2 is 2.00 bits per heavy atom. The highest BCUT2D eigenvalue weighted by atomic mass is 16.5. The van der Waals surface area contributed by atoms with Crippen LogP contribution in [-0.4, -0.2) is 17.5 Å². The van der Waals surface area contributed by atoms with Crippen molar-refractivity contribution in [1.82, 2.24) is 10.3 Å². The quantitative estimate of drug-likeness (QED) is 0.768. The van der Waals surface area contributed by atoms with E-state index in [-0.39, 0.29) is 18.0 Å². The highest BCUT2D eigenvalue weighted by Crippen LogP contribution is 2.12. The molecule has 0 fully saturated rings. The van der Waals surface area contributed by atoms with E-state index in [0.29, 0.717) is 25.0 Å². The number of ether oxygens (including phenoxy) is 1. The third-order valence-electron chi connectivity index (χ3n) is 3.76. The van der Waals surface area contributed by atoms with Gasteiger partial charge in [0.05, 0.1) is 6.61 Å². The number of aromatic amines is 1. The summed E-state index contributed by atoms with van der Waals surface area (Å²) in [6.07, 6.45) is 0.998. The van der Waals surface area contributed by atoms with Crippen LogP contribution in [0.2, 0.25) is 0 Å². The number of aromatic nitrogens is 1. The molecular weight excluding hydrogens is 304 g/mol. The van der Waals surface area contributed by atoms with E-state index < -0.39 is 0 Å². The van der Waals surface area contributed by atoms with Crippen LogP contribution in [0.25, 0.3) is 0 Å². The first-order valence-corrected chi connectivity index (χ1v) is 8.11. The number of nitrogens with one attached hydrogen (secondary N) is 2. The number of H-pyrrole nitrogens is 1. The molecule has 0 aliphatic heterocycles. The zero-order valence-corrected chi connectivity index (χ0v) is 14.4. The summed E-state index contributed by atoms with van der Waals surface area (Å²) >= 11 is 0. The largest absolute Gasteiger partial charge is 0.494 e. The van der Waals surface area contributed by atoms with Crippen LogP contribution >= 0.6 is 0 Å². The summed E-state index contributed by atoms with van der Waals surface area (Å²) in [4.78, 5) is 26.5. The van der Waals surface area contributed by atoms with Gasteiger partial charge in [-0.15, -0.1) is 0 Å². The Labute approximate surface area is 142 Å². The molecule has 1 aromatic heterocycles. The SMILES string of the molecule is Cc1cccc(OCCCC(=O)NCc2c(C)cc(C)[nH]c2=O)c1. The monoisotopic (exact) mass is 328 g/mol. The Morgan fingerprint density at radius 3 is 2.71 bits per heavy atom. The summed E-state index contributed by atoms with van der Waals surface area (Å²) in [5, 5.41) is 2.79. The van der Waals surface area contributed by atoms with Gasteiger partial charge in [-0.2, -0.15) is 0 Å². The molecule has 5 nitrogen and oxygen atoms in total. The van der Waals surface area contributed by atoms with Crippen molar-refractivity contribution in [2.75, 3.05) is 6.61 Å². The Bertz CT molecular complexity index is 765. The lowest BCUT2D eigenvalue weighted by Gasteiger charge is -2.09. The zero-order chi connectivity index (χ0) is 17.5. The Balaban J connectivity index is 1.73. The summed E-state index contributed by atoms with van der Waals surface area (Å²) < 4.78 is 5.62. The Kier molecular flexibility index (Phi) is 6.18. The molecule has 0 aliphatic carbocycles. The molecule has 2 aromatic rings. The summed E-state index contributed by atoms with van der Waals surface area (Å²) in [5.74, 6) is 0.736. The van der Waals surface area contributed by atoms with Crippen molar-refractivity contribution in [3.63, 3.8) is 0 Å². The van der Waals surface area contributed by atoms with E-state index in [1.54, 1.807) is 0 Å². The number of aryl methyl sites for hydroxylation is 3. The predicted molar refractivity (Wildman–Crippen MR) is 94.3 cm³/mol. The van der Waals surface area contributed by atoms with Gasteiger partial charge in [-0.05, 0) is 56.5 Å². The minimum absolute atomic E-state index is 0.0813. The predicted octanol–water partition coefficient (Wildman–Crippen LogP) is 2.78. The van der Waals surface area contributed by atoms with Crippen LogP contribution in [0.5, 0.6) is 5.75 Å². The number of carbonyl (C=O) groups is 1. The van der Waals surface area contributed by atoms with E-state index in [1.165, 1.54) is 0 Å². The van der Waals surface area contributed by atoms with Crippen LogP contribution in [0.3, 0.4) is 0 Å². The van der Waals surface area contributed by atoms with E-state index >= 15 is 0 Å². The second kappa shape index (κ2) is 8.34. The first-order chi connectivity index (χ1) is 11.5. The number of rotatable bonds is 7. The number of hydrogen-bond acceptors (Lipinski definition) is 3. The van der Waals surface area contributed by atoms with Gasteiger partial charge in [0, 0.05) is 24.2 Å². The molecule has 2 N–H and O–H groups in total. The van der Waals surface area contributed by atoms with Crippen molar-refractivity contribution in [3.8, 4) is 5.75 Å². The summed E-state index contributed by atoms with van der Waals surface area (Å²) in [6.45, 7) is 6.46. The van der Waals surface area contributed by atoms with Crippen molar-refractivity contribution in [1.29, 1.82) is 0 Å². The van der Waals surface area contributed by atoms with Crippen molar-refractivity contribution in [2.24, 2.45) is 0 Å². The number of pyridine rings is 1. The number of amides is 1. The fourth-order valence-corrected chi connectivity index (χ4v) is 2.50. The van der Waals surface area contributed by atoms with Crippen molar-refractivity contribution >= 4 is 5.91 Å². The summed E-state index contributed by atoms with van der Waals surface area (Å²) in [6, 6.07) is 9.72. The Hall–Kier alpha value is -2.56. The first-order valence-electron chi connectivity index (χ1n) is 8.11. The average molecular weight is 328 g/mol. The molecule has 0 unspecified atom stereocenters. The van der Waals surface area contributed by atoms with Gasteiger partial charge in [0.1, 0.15) is 5.75 Å². The number of hydrogen-bond donors (Lipinski definition) is 2. The highest BCUT2D eigenvalue weighted by Gasteiger charge is 2.07. The molecule has 24 heavy (non-hydrogen) atoms. The molecule has 0 aliphatic rings. The standard InChI is InChI=1S/C19H24N2O3/c1-13-6-4-7-16(10-13)24-9-5-8-18(22)20-12-17-14(2)11-15(3)21-19(17)23/h4,6-7,10-11H,5,8-9,12H2,1-3H3,(H,20,22)(H,21,23). The van der Waals surface area contributed by atoms with Crippen LogP contribution in [0.4, 0.5) is 0 Å². The van der Waals surface area contributed by atoms with Crippen molar-refractivity contribution in [2.45, 2.75) is 40.2 Å². The molecule has 1 heterocycles. The maximum absolute atomic E-state index is 11.9. The normalized spacial score (nSPS) is 10.5. The second-order valence-corrected chi connectivity index (χ2v) is 5.99. The van der Waals surface area contributed by atoms with Crippen LogP contribution in [-0.2, 0) is 11.3 Å². The molecule has 1 aromatic carbocycles. The maximum Gasteiger partial charge on any atom is 0.253 e. The lowest BCUT2D eigenvalue weighted by molar-refractivity contribution is -0.121. The maximum atomic E-state index is 11.9. The number of benzene rings is 1. The number of carbonyl (C=O) groups excluding carboxylic acids is 1. The van der Waals surface area contributed by atoms with Gasteiger partial charge in [-0.3, -0.25) is 9.59 Å². The average Bonchev–Trinajstić information content (AvgIpc) is 2.50. The molecule has 0 atom stereocenters. The topological polar surface area (TPSA) is 71.2 Å². The highest BCUT2D eigenvalue weighted by molar-refractivity contribution is 5.75. The smallest absolute Gasteiger partial charge is 0.253 e. The van der Waals surface area contributed by atoms with Crippen molar-refractivity contribution < 1.29 is 9.53 Å². The van der Waals surface area contributed by atoms with Gasteiger partial charge in [0.25, 0.3) is 5.56 Å². The van der Waals surface area contributed by atoms with Crippen LogP contribution in [0, 0.1) is 20.8 Å². The van der Waals surface area contributed by atoms with Crippen LogP contribution < -0.4 is 15.6 Å². The van der Waals surface area contributed by atoms with Gasteiger partial charge in [-0.1, -0.05) is 12.1 Å². The molecule has 0 spiro atoms. The Morgan fingerprint density at radius 1 is 1.21 bits per heavy atom. The van der Waals surface area contributed by atoms with Crippen molar-refractivity contribution in [3.05, 3.63) is 63.1 Å². The summed E-state index contributed by atoms with van der Waals surface area (Å²) in [7, 11) is 0. The van der Waals surface area contributed by atoms with Gasteiger partial charge in [0.15, 0.2) is 0 Å². The lowest BCUT2D eigenvalue weighted by Crippen LogP contribution is -2.28. The minimum Gasteiger partial charge on any atom is -0.494 e. The minimum atomic E-state index is -0.143. The van der Waals surface area contributed by atoms with Gasteiger partial charge >= 0.3 is 0 Å². The summed E-state index contributed by atoms with van der Waals surface area (Å²) in [5.41, 5.74) is 3.31. The molecule has 1 amide bonds. The molecule has 0 saturated carbocycles. The van der Waals surface area contributed by atoms with E-state index in [0.717, 1.165) is 22.6 Å². The van der Waals surface area contributed by atoms with E-state index in [1.807, 2.05) is 51.1 Å². The molecule has 0 bridgehead atoms. The first kappa shape index (κ1) is 17.8. The van der Waals surface area contributed by atoms with Gasteiger partial charge < -0.3 is 15.0 Å². The fourth-order valence-electron chi connectivity index (χ4n) is 2.50. The fraction of sp³-hybridized carbons (Fsp3) is 0.368.